The molecule has 0 aliphatic carbocycles. The lowest BCUT2D eigenvalue weighted by molar-refractivity contribution is -0.460. The standard InChI is InChI=1S/C13H18N2O5/c1-2-15(13(18,19)20)12(16,17)7-9-8-14-11-6-4-3-5-10(9)11/h3-6,8,14,16-20H,2,7H2,1H3. The summed E-state index contributed by atoms with van der Waals surface area (Å²) in [6.45, 7) is 1.27. The molecule has 7 nitrogen and oxygen atoms in total. The summed E-state index contributed by atoms with van der Waals surface area (Å²) < 4.78 is 0. The number of nitrogens with zero attached hydrogens (tertiary/aromatic N) is 1. The van der Waals surface area contributed by atoms with Crippen molar-refractivity contribution in [3.8, 4) is 0 Å². The van der Waals surface area contributed by atoms with E-state index in [-0.39, 0.29) is 13.0 Å². The van der Waals surface area contributed by atoms with Gasteiger partial charge in [0.05, 0.1) is 0 Å². The zero-order valence-electron chi connectivity index (χ0n) is 11.0. The summed E-state index contributed by atoms with van der Waals surface area (Å²) >= 11 is 0. The lowest BCUT2D eigenvalue weighted by Crippen LogP contribution is -2.62. The van der Waals surface area contributed by atoms with Gasteiger partial charge in [0.15, 0.2) is 0 Å². The van der Waals surface area contributed by atoms with Gasteiger partial charge in [-0.25, -0.2) is 0 Å². The maximum atomic E-state index is 10.0. The molecule has 1 aromatic carbocycles. The number of aromatic nitrogens is 1. The molecule has 2 rings (SSSR count). The molecule has 20 heavy (non-hydrogen) atoms. The molecule has 0 aliphatic heterocycles. The Morgan fingerprint density at radius 3 is 2.35 bits per heavy atom. The van der Waals surface area contributed by atoms with Gasteiger partial charge in [0, 0.05) is 30.1 Å². The van der Waals surface area contributed by atoms with E-state index in [1.807, 2.05) is 18.2 Å². The highest BCUT2D eigenvalue weighted by Gasteiger charge is 2.43. The molecule has 6 N–H and O–H groups in total. The van der Waals surface area contributed by atoms with Crippen LogP contribution in [0.15, 0.2) is 30.5 Å². The van der Waals surface area contributed by atoms with Gasteiger partial charge in [-0.15, -0.1) is 0 Å². The van der Waals surface area contributed by atoms with Crippen molar-refractivity contribution in [2.45, 2.75) is 25.4 Å². The van der Waals surface area contributed by atoms with Crippen LogP contribution >= 0.6 is 0 Å². The van der Waals surface area contributed by atoms with Gasteiger partial charge in [-0.05, 0) is 11.6 Å². The molecule has 0 atom stereocenters. The van der Waals surface area contributed by atoms with Crippen LogP contribution in [0.1, 0.15) is 12.5 Å². The van der Waals surface area contributed by atoms with Gasteiger partial charge in [-0.2, -0.15) is 4.90 Å². The maximum absolute atomic E-state index is 10.0. The monoisotopic (exact) mass is 282 g/mol. The Bertz CT molecular complexity index is 588. The van der Waals surface area contributed by atoms with Gasteiger partial charge in [0.1, 0.15) is 0 Å². The fourth-order valence-corrected chi connectivity index (χ4v) is 2.33. The Morgan fingerprint density at radius 1 is 1.10 bits per heavy atom. The Hall–Kier alpha value is -1.48. The highest BCUT2D eigenvalue weighted by Crippen LogP contribution is 2.25. The van der Waals surface area contributed by atoms with E-state index in [2.05, 4.69) is 4.98 Å². The molecule has 0 amide bonds. The van der Waals surface area contributed by atoms with Gasteiger partial charge < -0.3 is 30.5 Å². The lowest BCUT2D eigenvalue weighted by Gasteiger charge is -2.38. The first-order chi connectivity index (χ1) is 9.25. The van der Waals surface area contributed by atoms with Crippen molar-refractivity contribution in [3.05, 3.63) is 36.0 Å². The van der Waals surface area contributed by atoms with E-state index >= 15 is 0 Å². The Labute approximate surface area is 115 Å². The zero-order valence-corrected chi connectivity index (χ0v) is 11.0. The van der Waals surface area contributed by atoms with E-state index in [9.17, 15) is 10.2 Å². The summed E-state index contributed by atoms with van der Waals surface area (Å²) in [5.74, 6) is -2.61. The van der Waals surface area contributed by atoms with E-state index < -0.39 is 12.0 Å². The number of hydrogen-bond acceptors (Lipinski definition) is 6. The largest absolute Gasteiger partial charge is 0.361 e. The molecular weight excluding hydrogens is 264 g/mol. The van der Waals surface area contributed by atoms with Crippen LogP contribution in [-0.4, -0.2) is 54.0 Å². The molecule has 0 bridgehead atoms. The number of hydrogen-bond donors (Lipinski definition) is 6. The summed E-state index contributed by atoms with van der Waals surface area (Å²) in [5.41, 5.74) is 1.40. The quantitative estimate of drug-likeness (QED) is 0.402. The molecule has 0 saturated carbocycles. The van der Waals surface area contributed by atoms with Crippen LogP contribution < -0.4 is 0 Å². The SMILES string of the molecule is CCN(C(O)(O)O)C(O)(O)Cc1c[nH]c2ccccc12. The fraction of sp³-hybridized carbons (Fsp3) is 0.385. The van der Waals surface area contributed by atoms with E-state index in [0.717, 1.165) is 10.9 Å². The zero-order chi connectivity index (χ0) is 15.0. The Morgan fingerprint density at radius 2 is 1.75 bits per heavy atom. The molecule has 2 aromatic rings. The second-order valence-electron chi connectivity index (χ2n) is 4.65. The number of H-pyrrole nitrogens is 1. The third-order valence-corrected chi connectivity index (χ3v) is 3.21. The Kier molecular flexibility index (Phi) is 3.83. The number of benzene rings is 1. The number of likely N-dealkylation sites (N-methyl/N-ethyl adjacent to an activating group) is 1. The highest BCUT2D eigenvalue weighted by molar-refractivity contribution is 5.83. The van der Waals surface area contributed by atoms with Crippen molar-refractivity contribution < 1.29 is 25.5 Å². The van der Waals surface area contributed by atoms with Gasteiger partial charge >= 0.3 is 6.10 Å². The number of para-hydroxylation sites is 1. The molecule has 0 saturated heterocycles. The highest BCUT2D eigenvalue weighted by atomic mass is 16.7. The third kappa shape index (κ3) is 2.83. The molecule has 0 unspecified atom stereocenters. The van der Waals surface area contributed by atoms with Crippen LogP contribution in [0.5, 0.6) is 0 Å². The minimum Gasteiger partial charge on any atom is -0.361 e. The summed E-state index contributed by atoms with van der Waals surface area (Å²) in [6.07, 6.45) is -2.02. The van der Waals surface area contributed by atoms with Crippen molar-refractivity contribution in [2.24, 2.45) is 0 Å². The normalized spacial score (nSPS) is 13.3. The molecule has 1 heterocycles. The predicted molar refractivity (Wildman–Crippen MR) is 70.9 cm³/mol. The molecule has 0 radical (unpaired) electrons. The van der Waals surface area contributed by atoms with Gasteiger partial charge in [-0.1, -0.05) is 25.1 Å². The van der Waals surface area contributed by atoms with Gasteiger partial charge in [0.25, 0.3) is 0 Å². The molecule has 0 spiro atoms. The average Bonchev–Trinajstić information content (AvgIpc) is 2.70. The van der Waals surface area contributed by atoms with E-state index in [1.54, 1.807) is 12.3 Å². The predicted octanol–water partition coefficient (Wildman–Crippen LogP) is -0.741. The number of nitrogens with one attached hydrogen (secondary N) is 1. The molecular formula is C13H18N2O5. The second kappa shape index (κ2) is 5.13. The van der Waals surface area contributed by atoms with Crippen LogP contribution in [0, 0.1) is 0 Å². The van der Waals surface area contributed by atoms with Crippen LogP contribution in [0.25, 0.3) is 10.9 Å². The average molecular weight is 282 g/mol. The van der Waals surface area contributed by atoms with Crippen LogP contribution in [-0.2, 0) is 6.42 Å². The number of rotatable bonds is 5. The molecule has 0 aliphatic rings. The summed E-state index contributed by atoms with van der Waals surface area (Å²) in [7, 11) is 0. The fourth-order valence-electron chi connectivity index (χ4n) is 2.33. The number of fused-ring (bicyclic) bond motifs is 1. The number of aliphatic hydroxyl groups is 5. The molecule has 110 valence electrons. The first-order valence-electron chi connectivity index (χ1n) is 6.20. The number of aromatic amines is 1. The van der Waals surface area contributed by atoms with Crippen LogP contribution in [0.4, 0.5) is 0 Å². The smallest absolute Gasteiger partial charge is 0.350 e. The van der Waals surface area contributed by atoms with Crippen molar-refractivity contribution in [3.63, 3.8) is 0 Å². The maximum Gasteiger partial charge on any atom is 0.350 e. The Balaban J connectivity index is 2.32. The summed E-state index contributed by atoms with van der Waals surface area (Å²) in [6, 6.07) is 7.29. The lowest BCUT2D eigenvalue weighted by atomic mass is 10.1. The van der Waals surface area contributed by atoms with Crippen LogP contribution in [0.3, 0.4) is 0 Å². The summed E-state index contributed by atoms with van der Waals surface area (Å²) in [5, 5.41) is 48.3. The molecule has 1 aromatic heterocycles. The van der Waals surface area contributed by atoms with E-state index in [1.165, 1.54) is 6.92 Å². The van der Waals surface area contributed by atoms with Crippen molar-refractivity contribution in [1.82, 2.24) is 9.88 Å². The van der Waals surface area contributed by atoms with Crippen molar-refractivity contribution >= 4 is 10.9 Å². The topological polar surface area (TPSA) is 120 Å². The van der Waals surface area contributed by atoms with Crippen molar-refractivity contribution in [2.75, 3.05) is 6.54 Å². The molecule has 7 heteroatoms. The third-order valence-electron chi connectivity index (χ3n) is 3.21. The van der Waals surface area contributed by atoms with Gasteiger partial charge in [-0.3, -0.25) is 0 Å². The van der Waals surface area contributed by atoms with E-state index in [4.69, 9.17) is 15.3 Å². The molecule has 0 fully saturated rings. The van der Waals surface area contributed by atoms with Crippen molar-refractivity contribution in [1.29, 1.82) is 0 Å². The van der Waals surface area contributed by atoms with Crippen LogP contribution in [0.2, 0.25) is 0 Å². The minimum atomic E-state index is -3.32. The first kappa shape index (κ1) is 14.9. The minimum absolute atomic E-state index is 0.182. The van der Waals surface area contributed by atoms with Gasteiger partial charge in [0.2, 0.25) is 5.91 Å². The second-order valence-corrected chi connectivity index (χ2v) is 4.65. The first-order valence-corrected chi connectivity index (χ1v) is 6.20. The summed E-state index contributed by atoms with van der Waals surface area (Å²) in [4.78, 5) is 3.34. The van der Waals surface area contributed by atoms with E-state index in [0.29, 0.717) is 10.5 Å².